The summed E-state index contributed by atoms with van der Waals surface area (Å²) in [6, 6.07) is 6.08. The molecule has 1 aromatic heterocycles. The van der Waals surface area contributed by atoms with Crippen LogP contribution < -0.4 is 5.32 Å². The molecule has 0 aliphatic rings. The Labute approximate surface area is 131 Å². The summed E-state index contributed by atoms with van der Waals surface area (Å²) < 4.78 is 0. The van der Waals surface area contributed by atoms with Crippen molar-refractivity contribution in [3.63, 3.8) is 0 Å². The third-order valence-corrected chi connectivity index (χ3v) is 4.09. The number of carbonyl (C=O) groups excluding carboxylic acids is 1. The van der Waals surface area contributed by atoms with Gasteiger partial charge in [0, 0.05) is 17.2 Å². The summed E-state index contributed by atoms with van der Waals surface area (Å²) in [5.41, 5.74) is 0.113. The van der Waals surface area contributed by atoms with Crippen LogP contribution >= 0.6 is 11.3 Å². The van der Waals surface area contributed by atoms with Gasteiger partial charge in [-0.1, -0.05) is 6.07 Å². The van der Waals surface area contributed by atoms with Gasteiger partial charge in [0.05, 0.1) is 11.5 Å². The van der Waals surface area contributed by atoms with E-state index >= 15 is 0 Å². The van der Waals surface area contributed by atoms with Gasteiger partial charge in [0.25, 0.3) is 11.6 Å². The van der Waals surface area contributed by atoms with Gasteiger partial charge in [-0.05, 0) is 42.3 Å². The Balaban J connectivity index is 2.10. The number of nitro groups is 1. The zero-order valence-corrected chi connectivity index (χ0v) is 13.0. The van der Waals surface area contributed by atoms with Crippen LogP contribution in [0.5, 0.6) is 0 Å². The van der Waals surface area contributed by atoms with Crippen molar-refractivity contribution in [1.29, 1.82) is 0 Å². The molecule has 6 nitrogen and oxygen atoms in total. The van der Waals surface area contributed by atoms with Crippen molar-refractivity contribution < 1.29 is 14.8 Å². The van der Waals surface area contributed by atoms with Crippen LogP contribution in [0.2, 0.25) is 0 Å². The van der Waals surface area contributed by atoms with Crippen LogP contribution in [0.25, 0.3) is 0 Å². The van der Waals surface area contributed by atoms with Gasteiger partial charge < -0.3 is 10.4 Å². The maximum Gasteiger partial charge on any atom is 0.273 e. The molecule has 22 heavy (non-hydrogen) atoms. The number of thiophene rings is 1. The molecule has 2 rings (SSSR count). The van der Waals surface area contributed by atoms with Crippen LogP contribution in [0, 0.1) is 17.0 Å². The predicted molar refractivity (Wildman–Crippen MR) is 84.1 cm³/mol. The molecule has 1 amide bonds. The molecule has 0 radical (unpaired) electrons. The van der Waals surface area contributed by atoms with Crippen molar-refractivity contribution in [2.75, 3.05) is 6.54 Å². The molecule has 116 valence electrons. The van der Waals surface area contributed by atoms with Crippen molar-refractivity contribution in [2.24, 2.45) is 0 Å². The smallest absolute Gasteiger partial charge is 0.273 e. The summed E-state index contributed by atoms with van der Waals surface area (Å²) in [6.45, 7) is 3.23. The van der Waals surface area contributed by atoms with Crippen LogP contribution in [0.15, 0.2) is 35.0 Å². The number of hydrogen-bond donors (Lipinski definition) is 2. The maximum atomic E-state index is 12.1. The van der Waals surface area contributed by atoms with Crippen LogP contribution in [0.4, 0.5) is 5.69 Å². The first kappa shape index (κ1) is 16.1. The van der Waals surface area contributed by atoms with E-state index in [-0.39, 0.29) is 17.8 Å². The lowest BCUT2D eigenvalue weighted by Crippen LogP contribution is -2.38. The number of nitrogens with zero attached hydrogens (tertiary/aromatic N) is 1. The van der Waals surface area contributed by atoms with Gasteiger partial charge in [0.15, 0.2) is 0 Å². The molecule has 1 unspecified atom stereocenters. The molecule has 1 atom stereocenters. The minimum Gasteiger partial charge on any atom is -0.384 e. The molecule has 1 aromatic carbocycles. The van der Waals surface area contributed by atoms with Crippen molar-refractivity contribution in [3.05, 3.63) is 61.8 Å². The average Bonchev–Trinajstić information content (AvgIpc) is 3.00. The maximum absolute atomic E-state index is 12.1. The van der Waals surface area contributed by atoms with Gasteiger partial charge in [0.1, 0.15) is 5.60 Å². The first-order valence-corrected chi connectivity index (χ1v) is 7.54. The number of aliphatic hydroxyl groups is 1. The first-order chi connectivity index (χ1) is 10.3. The number of nitro benzene ring substituents is 1. The van der Waals surface area contributed by atoms with E-state index in [4.69, 9.17) is 0 Å². The van der Waals surface area contributed by atoms with Gasteiger partial charge in [-0.15, -0.1) is 0 Å². The lowest BCUT2D eigenvalue weighted by molar-refractivity contribution is -0.385. The van der Waals surface area contributed by atoms with E-state index in [1.807, 2.05) is 10.8 Å². The molecule has 0 spiro atoms. The second-order valence-corrected chi connectivity index (χ2v) is 6.01. The highest BCUT2D eigenvalue weighted by Crippen LogP contribution is 2.23. The number of amides is 1. The highest BCUT2D eigenvalue weighted by molar-refractivity contribution is 7.08. The summed E-state index contributed by atoms with van der Waals surface area (Å²) in [5.74, 6) is -0.460. The fourth-order valence-corrected chi connectivity index (χ4v) is 2.76. The SMILES string of the molecule is Cc1ccc(C(=O)NCC(C)(O)c2ccsc2)cc1[N+](=O)[O-]. The first-order valence-electron chi connectivity index (χ1n) is 6.59. The van der Waals surface area contributed by atoms with Crippen molar-refractivity contribution in [3.8, 4) is 0 Å². The highest BCUT2D eigenvalue weighted by atomic mass is 32.1. The zero-order valence-electron chi connectivity index (χ0n) is 12.2. The fourth-order valence-electron chi connectivity index (χ4n) is 1.97. The minimum absolute atomic E-state index is 0.0181. The number of rotatable bonds is 5. The Morgan fingerprint density at radius 3 is 2.77 bits per heavy atom. The van der Waals surface area contributed by atoms with Crippen molar-refractivity contribution >= 4 is 22.9 Å². The molecule has 7 heteroatoms. The van der Waals surface area contributed by atoms with Gasteiger partial charge in [-0.3, -0.25) is 14.9 Å². The van der Waals surface area contributed by atoms with Gasteiger partial charge >= 0.3 is 0 Å². The molecular formula is C15H16N2O4S. The Morgan fingerprint density at radius 1 is 1.45 bits per heavy atom. The van der Waals surface area contributed by atoms with E-state index in [0.29, 0.717) is 11.1 Å². The molecule has 1 heterocycles. The summed E-state index contributed by atoms with van der Waals surface area (Å²) >= 11 is 1.46. The topological polar surface area (TPSA) is 92.5 Å². The lowest BCUT2D eigenvalue weighted by Gasteiger charge is -2.22. The second kappa shape index (κ2) is 6.25. The van der Waals surface area contributed by atoms with E-state index < -0.39 is 16.4 Å². The van der Waals surface area contributed by atoms with Crippen LogP contribution in [-0.4, -0.2) is 22.5 Å². The van der Waals surface area contributed by atoms with Gasteiger partial charge in [-0.2, -0.15) is 11.3 Å². The van der Waals surface area contributed by atoms with E-state index in [1.54, 1.807) is 19.9 Å². The molecular weight excluding hydrogens is 304 g/mol. The van der Waals surface area contributed by atoms with Crippen LogP contribution in [-0.2, 0) is 5.60 Å². The summed E-state index contributed by atoms with van der Waals surface area (Å²) in [7, 11) is 0. The van der Waals surface area contributed by atoms with Crippen molar-refractivity contribution in [1.82, 2.24) is 5.32 Å². The number of hydrogen-bond acceptors (Lipinski definition) is 5. The standard InChI is InChI=1S/C15H16N2O4S/c1-10-3-4-11(7-13(10)17(20)21)14(18)16-9-15(2,19)12-5-6-22-8-12/h3-8,19H,9H2,1-2H3,(H,16,18). The van der Waals surface area contributed by atoms with Crippen LogP contribution in [0.1, 0.15) is 28.4 Å². The second-order valence-electron chi connectivity index (χ2n) is 5.23. The Kier molecular flexibility index (Phi) is 4.58. The average molecular weight is 320 g/mol. The Morgan fingerprint density at radius 2 is 2.18 bits per heavy atom. The van der Waals surface area contributed by atoms with Crippen molar-refractivity contribution in [2.45, 2.75) is 19.4 Å². The van der Waals surface area contributed by atoms with E-state index in [2.05, 4.69) is 5.32 Å². The number of aryl methyl sites for hydroxylation is 1. The normalized spacial score (nSPS) is 13.4. The molecule has 2 N–H and O–H groups in total. The number of nitrogens with one attached hydrogen (secondary N) is 1. The number of carbonyl (C=O) groups is 1. The molecule has 0 fully saturated rings. The Hall–Kier alpha value is -2.25. The molecule has 0 saturated carbocycles. The molecule has 0 saturated heterocycles. The van der Waals surface area contributed by atoms with E-state index in [9.17, 15) is 20.0 Å². The highest BCUT2D eigenvalue weighted by Gasteiger charge is 2.25. The molecule has 0 aliphatic heterocycles. The van der Waals surface area contributed by atoms with Crippen LogP contribution in [0.3, 0.4) is 0 Å². The Bertz CT molecular complexity index is 696. The monoisotopic (exact) mass is 320 g/mol. The molecule has 0 bridgehead atoms. The largest absolute Gasteiger partial charge is 0.384 e. The van der Waals surface area contributed by atoms with Gasteiger partial charge in [-0.25, -0.2) is 0 Å². The van der Waals surface area contributed by atoms with E-state index in [0.717, 1.165) is 0 Å². The third kappa shape index (κ3) is 3.49. The summed E-state index contributed by atoms with van der Waals surface area (Å²) in [6.07, 6.45) is 0. The lowest BCUT2D eigenvalue weighted by atomic mass is 9.99. The summed E-state index contributed by atoms with van der Waals surface area (Å²) in [5, 5.41) is 27.5. The number of benzene rings is 1. The molecule has 2 aromatic rings. The summed E-state index contributed by atoms with van der Waals surface area (Å²) in [4.78, 5) is 22.5. The van der Waals surface area contributed by atoms with Gasteiger partial charge in [0.2, 0.25) is 0 Å². The molecule has 0 aliphatic carbocycles. The minimum atomic E-state index is -1.19. The quantitative estimate of drug-likeness (QED) is 0.654. The third-order valence-electron chi connectivity index (χ3n) is 3.40. The fraction of sp³-hybridized carbons (Fsp3) is 0.267. The zero-order chi connectivity index (χ0) is 16.3. The predicted octanol–water partition coefficient (Wildman–Crippen LogP) is 2.60. The van der Waals surface area contributed by atoms with E-state index in [1.165, 1.54) is 29.5 Å².